The van der Waals surface area contributed by atoms with E-state index in [9.17, 15) is 14.7 Å². The third kappa shape index (κ3) is 4.40. The number of aryl methyl sites for hydroxylation is 2. The first kappa shape index (κ1) is 19.6. The number of aliphatic hydroxyl groups excluding tert-OH is 1. The van der Waals surface area contributed by atoms with Gasteiger partial charge in [-0.05, 0) is 49.6 Å². The van der Waals surface area contributed by atoms with Crippen LogP contribution in [-0.2, 0) is 4.79 Å². The van der Waals surface area contributed by atoms with Crippen LogP contribution in [0.5, 0.6) is 5.75 Å². The Balaban J connectivity index is 1.73. The predicted octanol–water partition coefficient (Wildman–Crippen LogP) is 3.03. The highest BCUT2D eigenvalue weighted by atomic mass is 16.5. The van der Waals surface area contributed by atoms with E-state index in [2.05, 4.69) is 5.32 Å². The third-order valence-electron chi connectivity index (χ3n) is 4.48. The molecule has 0 unspecified atom stereocenters. The number of fused-ring (bicyclic) bond motifs is 1. The van der Waals surface area contributed by atoms with Gasteiger partial charge in [-0.2, -0.15) is 0 Å². The Morgan fingerprint density at radius 1 is 1.18 bits per heavy atom. The Labute approximate surface area is 162 Å². The molecule has 0 aliphatic heterocycles. The summed E-state index contributed by atoms with van der Waals surface area (Å²) in [5, 5.41) is 13.5. The molecule has 2 aromatic carbocycles. The number of carbonyl (C=O) groups excluding carboxylic acids is 1. The van der Waals surface area contributed by atoms with Crippen molar-refractivity contribution in [3.05, 3.63) is 75.6 Å². The molecule has 0 saturated heterocycles. The highest BCUT2D eigenvalue weighted by molar-refractivity contribution is 5.88. The van der Waals surface area contributed by atoms with Crippen LogP contribution in [0, 0.1) is 13.8 Å². The van der Waals surface area contributed by atoms with Crippen molar-refractivity contribution in [2.75, 3.05) is 6.54 Å². The molecule has 1 heterocycles. The lowest BCUT2D eigenvalue weighted by Crippen LogP contribution is -2.38. The van der Waals surface area contributed by atoms with Gasteiger partial charge in [-0.25, -0.2) is 4.79 Å². The van der Waals surface area contributed by atoms with Crippen LogP contribution >= 0.6 is 0 Å². The summed E-state index contributed by atoms with van der Waals surface area (Å²) in [6.45, 7) is 5.36. The number of rotatable bonds is 6. The summed E-state index contributed by atoms with van der Waals surface area (Å²) in [4.78, 5) is 24.1. The fraction of sp³-hybridized carbons (Fsp3) is 0.273. The van der Waals surface area contributed by atoms with Gasteiger partial charge < -0.3 is 19.6 Å². The average Bonchev–Trinajstić information content (AvgIpc) is 2.65. The number of amides is 1. The van der Waals surface area contributed by atoms with Gasteiger partial charge in [0.15, 0.2) is 6.10 Å². The molecule has 0 aliphatic carbocycles. The van der Waals surface area contributed by atoms with Gasteiger partial charge in [0.1, 0.15) is 11.3 Å². The summed E-state index contributed by atoms with van der Waals surface area (Å²) in [7, 11) is 0. The summed E-state index contributed by atoms with van der Waals surface area (Å²) in [6, 6.07) is 14.1. The second-order valence-electron chi connectivity index (χ2n) is 6.82. The molecule has 3 rings (SSSR count). The molecule has 0 spiro atoms. The van der Waals surface area contributed by atoms with Gasteiger partial charge in [0.05, 0.1) is 11.5 Å². The van der Waals surface area contributed by atoms with E-state index >= 15 is 0 Å². The van der Waals surface area contributed by atoms with Crippen LogP contribution in [0.3, 0.4) is 0 Å². The second kappa shape index (κ2) is 8.27. The molecule has 2 N–H and O–H groups in total. The van der Waals surface area contributed by atoms with Crippen molar-refractivity contribution in [1.29, 1.82) is 0 Å². The molecule has 28 heavy (non-hydrogen) atoms. The highest BCUT2D eigenvalue weighted by Crippen LogP contribution is 2.30. The van der Waals surface area contributed by atoms with E-state index in [-0.39, 0.29) is 12.5 Å². The minimum Gasteiger partial charge on any atom is -0.480 e. The Morgan fingerprint density at radius 2 is 1.89 bits per heavy atom. The van der Waals surface area contributed by atoms with Crippen molar-refractivity contribution in [3.63, 3.8) is 0 Å². The van der Waals surface area contributed by atoms with Gasteiger partial charge in [0.25, 0.3) is 5.91 Å². The van der Waals surface area contributed by atoms with E-state index < -0.39 is 17.8 Å². The first-order valence-electron chi connectivity index (χ1n) is 9.07. The van der Waals surface area contributed by atoms with Crippen LogP contribution in [0.15, 0.2) is 57.7 Å². The van der Waals surface area contributed by atoms with E-state index in [0.717, 1.165) is 11.1 Å². The van der Waals surface area contributed by atoms with Crippen molar-refractivity contribution < 1.29 is 19.1 Å². The van der Waals surface area contributed by atoms with Gasteiger partial charge in [-0.15, -0.1) is 0 Å². The monoisotopic (exact) mass is 381 g/mol. The molecule has 6 heteroatoms. The maximum Gasteiger partial charge on any atom is 0.336 e. The summed E-state index contributed by atoms with van der Waals surface area (Å²) < 4.78 is 11.1. The summed E-state index contributed by atoms with van der Waals surface area (Å²) in [5.74, 6) is 0.127. The predicted molar refractivity (Wildman–Crippen MR) is 106 cm³/mol. The molecule has 0 radical (unpaired) electrons. The standard InChI is InChI=1S/C22H23NO5/c1-13-9-18(21-14(2)11-20(25)28-19(21)10-13)27-15(3)22(26)23-12-17(24)16-7-5-4-6-8-16/h4-11,15,17,24H,12H2,1-3H3,(H,23,26)/t15-,17-/m0/s1. The lowest BCUT2D eigenvalue weighted by Gasteiger charge is -2.18. The van der Waals surface area contributed by atoms with Crippen LogP contribution in [0.1, 0.15) is 29.7 Å². The maximum absolute atomic E-state index is 12.4. The molecular weight excluding hydrogens is 358 g/mol. The molecule has 0 saturated carbocycles. The lowest BCUT2D eigenvalue weighted by molar-refractivity contribution is -0.127. The summed E-state index contributed by atoms with van der Waals surface area (Å²) in [5.41, 5.74) is 2.29. The molecule has 1 amide bonds. The number of benzene rings is 2. The number of hydrogen-bond donors (Lipinski definition) is 2. The minimum absolute atomic E-state index is 0.0824. The van der Waals surface area contributed by atoms with Crippen molar-refractivity contribution in [2.45, 2.75) is 33.0 Å². The molecule has 1 aromatic heterocycles. The first-order chi connectivity index (χ1) is 13.3. The fourth-order valence-electron chi connectivity index (χ4n) is 3.05. The normalized spacial score (nSPS) is 13.1. The van der Waals surface area contributed by atoms with Crippen molar-refractivity contribution in [1.82, 2.24) is 5.32 Å². The summed E-state index contributed by atoms with van der Waals surface area (Å²) in [6.07, 6.45) is -1.59. The van der Waals surface area contributed by atoms with Crippen LogP contribution in [0.25, 0.3) is 11.0 Å². The Morgan fingerprint density at radius 3 is 2.61 bits per heavy atom. The zero-order valence-electron chi connectivity index (χ0n) is 16.1. The van der Waals surface area contributed by atoms with Gasteiger partial charge >= 0.3 is 5.63 Å². The number of nitrogens with one attached hydrogen (secondary N) is 1. The van der Waals surface area contributed by atoms with Crippen LogP contribution in [0.4, 0.5) is 0 Å². The molecule has 146 valence electrons. The van der Waals surface area contributed by atoms with Crippen LogP contribution < -0.4 is 15.7 Å². The van der Waals surface area contributed by atoms with Crippen LogP contribution in [0.2, 0.25) is 0 Å². The first-order valence-corrected chi connectivity index (χ1v) is 9.07. The number of aliphatic hydroxyl groups is 1. The molecule has 3 aromatic rings. The molecule has 0 aliphatic rings. The fourth-order valence-corrected chi connectivity index (χ4v) is 3.05. The van der Waals surface area contributed by atoms with Gasteiger partial charge in [-0.3, -0.25) is 4.79 Å². The zero-order chi connectivity index (χ0) is 20.3. The minimum atomic E-state index is -0.798. The second-order valence-corrected chi connectivity index (χ2v) is 6.82. The van der Waals surface area contributed by atoms with Gasteiger partial charge in [-0.1, -0.05) is 30.3 Å². The maximum atomic E-state index is 12.4. The summed E-state index contributed by atoms with van der Waals surface area (Å²) >= 11 is 0. The van der Waals surface area contributed by atoms with E-state index in [1.165, 1.54) is 6.07 Å². The van der Waals surface area contributed by atoms with Crippen LogP contribution in [-0.4, -0.2) is 23.7 Å². The van der Waals surface area contributed by atoms with Gasteiger partial charge in [0, 0.05) is 12.6 Å². The van der Waals surface area contributed by atoms with E-state index in [0.29, 0.717) is 22.3 Å². The van der Waals surface area contributed by atoms with E-state index in [1.807, 2.05) is 25.1 Å². The number of hydrogen-bond acceptors (Lipinski definition) is 5. The Kier molecular flexibility index (Phi) is 5.80. The molecule has 0 bridgehead atoms. The van der Waals surface area contributed by atoms with Crippen molar-refractivity contribution >= 4 is 16.9 Å². The Bertz CT molecular complexity index is 1040. The largest absolute Gasteiger partial charge is 0.480 e. The topological polar surface area (TPSA) is 88.8 Å². The quantitative estimate of drug-likeness (QED) is 0.641. The zero-order valence-corrected chi connectivity index (χ0v) is 16.1. The smallest absolute Gasteiger partial charge is 0.336 e. The van der Waals surface area contributed by atoms with Crippen molar-refractivity contribution in [2.24, 2.45) is 0 Å². The number of carbonyl (C=O) groups is 1. The third-order valence-corrected chi connectivity index (χ3v) is 4.48. The lowest BCUT2D eigenvalue weighted by atomic mass is 10.1. The number of ether oxygens (including phenoxy) is 1. The highest BCUT2D eigenvalue weighted by Gasteiger charge is 2.19. The van der Waals surface area contributed by atoms with E-state index in [1.54, 1.807) is 38.1 Å². The van der Waals surface area contributed by atoms with E-state index in [4.69, 9.17) is 9.15 Å². The SMILES string of the molecule is Cc1cc(O[C@@H](C)C(=O)NC[C@H](O)c2ccccc2)c2c(C)cc(=O)oc2c1. The average molecular weight is 381 g/mol. The molecule has 6 nitrogen and oxygen atoms in total. The van der Waals surface area contributed by atoms with Crippen molar-refractivity contribution in [3.8, 4) is 5.75 Å². The molecule has 2 atom stereocenters. The van der Waals surface area contributed by atoms with Gasteiger partial charge in [0.2, 0.25) is 0 Å². The molecular formula is C22H23NO5. The Hall–Kier alpha value is -3.12. The molecule has 0 fully saturated rings.